The number of thioether (sulfide) groups is 1. The normalized spacial score (nSPS) is 14.9. The summed E-state index contributed by atoms with van der Waals surface area (Å²) < 4.78 is 11.6. The number of benzene rings is 2. The summed E-state index contributed by atoms with van der Waals surface area (Å²) in [5.41, 5.74) is 1.35. The number of imide groups is 1. The van der Waals surface area contributed by atoms with Crippen molar-refractivity contribution in [2.75, 3.05) is 13.2 Å². The molecule has 31 heavy (non-hydrogen) atoms. The molecule has 2 aromatic rings. The average molecular weight is 527 g/mol. The van der Waals surface area contributed by atoms with Crippen molar-refractivity contribution in [2.45, 2.75) is 13.5 Å². The maximum Gasteiger partial charge on any atom is 0.341 e. The molecule has 1 aliphatic rings. The van der Waals surface area contributed by atoms with Crippen LogP contribution in [-0.4, -0.2) is 40.3 Å². The lowest BCUT2D eigenvalue weighted by Crippen LogP contribution is -2.27. The molecule has 10 heteroatoms. The highest BCUT2D eigenvalue weighted by Gasteiger charge is 2.35. The Morgan fingerprint density at radius 1 is 1.23 bits per heavy atom. The molecule has 162 valence electrons. The highest BCUT2D eigenvalue weighted by atomic mass is 79.9. The van der Waals surface area contributed by atoms with Gasteiger partial charge in [-0.2, -0.15) is 0 Å². The zero-order valence-electron chi connectivity index (χ0n) is 16.3. The van der Waals surface area contributed by atoms with E-state index in [1.807, 2.05) is 24.3 Å². The number of aliphatic carboxylic acids is 1. The molecular formula is C21H17BrClNO6S. The van der Waals surface area contributed by atoms with Crippen molar-refractivity contribution in [1.82, 2.24) is 4.90 Å². The van der Waals surface area contributed by atoms with Crippen molar-refractivity contribution in [1.29, 1.82) is 0 Å². The Labute approximate surface area is 196 Å². The summed E-state index contributed by atoms with van der Waals surface area (Å²) >= 11 is 10.4. The fourth-order valence-corrected chi connectivity index (χ4v) is 4.14. The minimum atomic E-state index is -1.15. The molecule has 1 saturated heterocycles. The number of carboxylic acids is 1. The van der Waals surface area contributed by atoms with Crippen molar-refractivity contribution in [3.63, 3.8) is 0 Å². The summed E-state index contributed by atoms with van der Waals surface area (Å²) in [7, 11) is 0. The highest BCUT2D eigenvalue weighted by molar-refractivity contribution is 9.10. The van der Waals surface area contributed by atoms with Crippen LogP contribution in [0.3, 0.4) is 0 Å². The summed E-state index contributed by atoms with van der Waals surface area (Å²) in [5.74, 6) is -1.21. The quantitative estimate of drug-likeness (QED) is 0.473. The number of rotatable bonds is 8. The second-order valence-corrected chi connectivity index (χ2v) is 8.66. The van der Waals surface area contributed by atoms with Crippen molar-refractivity contribution in [3.05, 3.63) is 61.9 Å². The topological polar surface area (TPSA) is 93.1 Å². The smallest absolute Gasteiger partial charge is 0.341 e. The van der Waals surface area contributed by atoms with E-state index in [-0.39, 0.29) is 33.2 Å². The second-order valence-electron chi connectivity index (χ2n) is 6.34. The van der Waals surface area contributed by atoms with Gasteiger partial charge in [0.15, 0.2) is 18.1 Å². The van der Waals surface area contributed by atoms with Gasteiger partial charge in [-0.3, -0.25) is 14.5 Å². The van der Waals surface area contributed by atoms with E-state index in [0.717, 1.165) is 21.8 Å². The summed E-state index contributed by atoms with van der Waals surface area (Å²) in [6, 6.07) is 10.5. The number of carbonyl (C=O) groups is 3. The van der Waals surface area contributed by atoms with Crippen LogP contribution in [0.2, 0.25) is 5.02 Å². The Balaban J connectivity index is 1.85. The van der Waals surface area contributed by atoms with Crippen LogP contribution in [-0.2, 0) is 16.1 Å². The minimum Gasteiger partial charge on any atom is -0.490 e. The van der Waals surface area contributed by atoms with E-state index in [0.29, 0.717) is 12.2 Å². The van der Waals surface area contributed by atoms with E-state index in [9.17, 15) is 14.4 Å². The molecule has 0 unspecified atom stereocenters. The molecule has 1 heterocycles. The predicted molar refractivity (Wildman–Crippen MR) is 121 cm³/mol. The predicted octanol–water partition coefficient (Wildman–Crippen LogP) is 5.20. The molecule has 0 saturated carbocycles. The van der Waals surface area contributed by atoms with E-state index in [1.165, 1.54) is 11.0 Å². The van der Waals surface area contributed by atoms with E-state index < -0.39 is 18.5 Å². The van der Waals surface area contributed by atoms with Gasteiger partial charge in [0, 0.05) is 4.47 Å². The van der Waals surface area contributed by atoms with Crippen LogP contribution in [0.1, 0.15) is 18.1 Å². The third kappa shape index (κ3) is 5.81. The molecule has 0 bridgehead atoms. The summed E-state index contributed by atoms with van der Waals surface area (Å²) in [4.78, 5) is 37.4. The molecule has 0 radical (unpaired) electrons. The van der Waals surface area contributed by atoms with Gasteiger partial charge in [-0.05, 0) is 60.2 Å². The van der Waals surface area contributed by atoms with E-state index in [2.05, 4.69) is 15.9 Å². The fraction of sp³-hybridized carbons (Fsp3) is 0.190. The molecular weight excluding hydrogens is 510 g/mol. The number of nitrogens with zero attached hydrogens (tertiary/aromatic N) is 1. The maximum atomic E-state index is 12.8. The first kappa shape index (κ1) is 23.2. The number of amides is 2. The summed E-state index contributed by atoms with van der Waals surface area (Å²) in [6.45, 7) is 1.65. The van der Waals surface area contributed by atoms with Gasteiger partial charge in [0.05, 0.1) is 23.1 Å². The second kappa shape index (κ2) is 10.2. The zero-order valence-corrected chi connectivity index (χ0v) is 19.4. The number of hydrogen-bond donors (Lipinski definition) is 1. The molecule has 1 N–H and O–H groups in total. The molecule has 0 atom stereocenters. The molecule has 0 aromatic heterocycles. The van der Waals surface area contributed by atoms with Crippen molar-refractivity contribution < 1.29 is 29.0 Å². The van der Waals surface area contributed by atoms with Gasteiger partial charge in [-0.15, -0.1) is 0 Å². The average Bonchev–Trinajstić information content (AvgIpc) is 2.96. The third-order valence-corrected chi connectivity index (χ3v) is 5.81. The molecule has 3 rings (SSSR count). The van der Waals surface area contributed by atoms with Gasteiger partial charge in [-0.1, -0.05) is 39.7 Å². The molecule has 1 fully saturated rings. The van der Waals surface area contributed by atoms with E-state index >= 15 is 0 Å². The van der Waals surface area contributed by atoms with Gasteiger partial charge < -0.3 is 14.6 Å². The Morgan fingerprint density at radius 2 is 1.94 bits per heavy atom. The Hall–Kier alpha value is -2.49. The number of hydrogen-bond acceptors (Lipinski definition) is 6. The standard InChI is InChI=1S/C21H17BrClNO6S/c1-2-29-16-8-13(7-15(23)19(16)30-11-18(25)26)9-17-20(27)24(21(28)31-17)10-12-3-5-14(22)6-4-12/h3-9H,2,10-11H2,1H3,(H,25,26)/b17-9-. The van der Waals surface area contributed by atoms with Gasteiger partial charge in [0.2, 0.25) is 0 Å². The summed E-state index contributed by atoms with van der Waals surface area (Å²) in [5, 5.41) is 8.60. The van der Waals surface area contributed by atoms with Crippen LogP contribution < -0.4 is 9.47 Å². The lowest BCUT2D eigenvalue weighted by Gasteiger charge is -2.14. The zero-order chi connectivity index (χ0) is 22.5. The largest absolute Gasteiger partial charge is 0.490 e. The monoisotopic (exact) mass is 525 g/mol. The first-order chi connectivity index (χ1) is 14.8. The number of ether oxygens (including phenoxy) is 2. The van der Waals surface area contributed by atoms with Crippen LogP contribution in [0.15, 0.2) is 45.8 Å². The van der Waals surface area contributed by atoms with Crippen LogP contribution >= 0.6 is 39.3 Å². The highest BCUT2D eigenvalue weighted by Crippen LogP contribution is 2.39. The number of carboxylic acid groups (broad SMARTS) is 1. The molecule has 2 aromatic carbocycles. The van der Waals surface area contributed by atoms with Crippen LogP contribution in [0, 0.1) is 0 Å². The van der Waals surface area contributed by atoms with Gasteiger partial charge in [-0.25, -0.2) is 4.79 Å². The summed E-state index contributed by atoms with van der Waals surface area (Å²) in [6.07, 6.45) is 1.54. The van der Waals surface area contributed by atoms with Gasteiger partial charge in [0.25, 0.3) is 11.1 Å². The molecule has 2 amide bonds. The number of carbonyl (C=O) groups excluding carboxylic acids is 2. The molecule has 1 aliphatic heterocycles. The SMILES string of the molecule is CCOc1cc(/C=C2\SC(=O)N(Cc3ccc(Br)cc3)C2=O)cc(Cl)c1OCC(=O)O. The Bertz CT molecular complexity index is 1060. The third-order valence-electron chi connectivity index (χ3n) is 4.10. The lowest BCUT2D eigenvalue weighted by atomic mass is 10.1. The van der Waals surface area contributed by atoms with Crippen molar-refractivity contribution >= 4 is 62.5 Å². The first-order valence-corrected chi connectivity index (χ1v) is 11.1. The van der Waals surface area contributed by atoms with Crippen molar-refractivity contribution in [3.8, 4) is 11.5 Å². The van der Waals surface area contributed by atoms with Crippen LogP contribution in [0.5, 0.6) is 11.5 Å². The van der Waals surface area contributed by atoms with Crippen LogP contribution in [0.25, 0.3) is 6.08 Å². The fourth-order valence-electron chi connectivity index (χ4n) is 2.77. The van der Waals surface area contributed by atoms with E-state index in [4.69, 9.17) is 26.2 Å². The maximum absolute atomic E-state index is 12.8. The lowest BCUT2D eigenvalue weighted by molar-refractivity contribution is -0.139. The minimum absolute atomic E-state index is 0.103. The molecule has 7 nitrogen and oxygen atoms in total. The van der Waals surface area contributed by atoms with Crippen molar-refractivity contribution in [2.24, 2.45) is 0 Å². The Morgan fingerprint density at radius 3 is 2.58 bits per heavy atom. The van der Waals surface area contributed by atoms with E-state index in [1.54, 1.807) is 19.1 Å². The van der Waals surface area contributed by atoms with Gasteiger partial charge in [0.1, 0.15) is 0 Å². The van der Waals surface area contributed by atoms with Gasteiger partial charge >= 0.3 is 5.97 Å². The number of halogens is 2. The molecule has 0 aliphatic carbocycles. The Kier molecular flexibility index (Phi) is 7.64. The van der Waals surface area contributed by atoms with Crippen LogP contribution in [0.4, 0.5) is 4.79 Å². The molecule has 0 spiro atoms. The first-order valence-electron chi connectivity index (χ1n) is 9.09.